The number of hydrogen-bond acceptors (Lipinski definition) is 2. The molecule has 0 aromatic carbocycles. The summed E-state index contributed by atoms with van der Waals surface area (Å²) >= 11 is 0. The highest BCUT2D eigenvalue weighted by molar-refractivity contribution is 5.09. The maximum Gasteiger partial charge on any atom is 0.0828 e. The van der Waals surface area contributed by atoms with E-state index in [2.05, 4.69) is 24.2 Å². The van der Waals surface area contributed by atoms with Crippen LogP contribution in [0.1, 0.15) is 38.1 Å². The Morgan fingerprint density at radius 3 is 2.57 bits per heavy atom. The first-order chi connectivity index (χ1) is 6.50. The van der Waals surface area contributed by atoms with Crippen molar-refractivity contribution in [3.63, 3.8) is 0 Å². The maximum atomic E-state index is 4.06. The maximum absolute atomic E-state index is 4.06. The van der Waals surface area contributed by atoms with Gasteiger partial charge in [-0.25, -0.2) is 0 Å². The number of rotatable bonds is 3. The van der Waals surface area contributed by atoms with Crippen molar-refractivity contribution in [3.8, 4) is 0 Å². The SMILES string of the molecule is Cc1nnn(C)c1CC[C@H]1CC1(C)C. The summed E-state index contributed by atoms with van der Waals surface area (Å²) in [6.45, 7) is 6.75. The molecule has 3 nitrogen and oxygen atoms in total. The lowest BCUT2D eigenvalue weighted by Crippen LogP contribution is -2.01. The molecule has 0 aliphatic heterocycles. The van der Waals surface area contributed by atoms with E-state index in [0.717, 1.165) is 18.0 Å². The molecular weight excluding hydrogens is 174 g/mol. The Labute approximate surface area is 85.5 Å². The highest BCUT2D eigenvalue weighted by atomic mass is 15.4. The lowest BCUT2D eigenvalue weighted by Gasteiger charge is -2.04. The molecule has 0 spiro atoms. The monoisotopic (exact) mass is 193 g/mol. The van der Waals surface area contributed by atoms with Gasteiger partial charge in [-0.2, -0.15) is 0 Å². The second-order valence-corrected chi connectivity index (χ2v) is 5.17. The average molecular weight is 193 g/mol. The van der Waals surface area contributed by atoms with Crippen LogP contribution in [0.2, 0.25) is 0 Å². The molecule has 1 aliphatic rings. The van der Waals surface area contributed by atoms with Gasteiger partial charge in [-0.3, -0.25) is 4.68 Å². The van der Waals surface area contributed by atoms with Crippen molar-refractivity contribution in [1.29, 1.82) is 0 Å². The van der Waals surface area contributed by atoms with Crippen molar-refractivity contribution >= 4 is 0 Å². The lowest BCUT2D eigenvalue weighted by atomic mass is 10.0. The molecule has 0 N–H and O–H groups in total. The van der Waals surface area contributed by atoms with Gasteiger partial charge in [0.25, 0.3) is 0 Å². The fraction of sp³-hybridized carbons (Fsp3) is 0.818. The molecule has 0 unspecified atom stereocenters. The highest BCUT2D eigenvalue weighted by Crippen LogP contribution is 2.53. The number of hydrogen-bond donors (Lipinski definition) is 0. The molecule has 0 amide bonds. The molecule has 14 heavy (non-hydrogen) atoms. The number of aromatic nitrogens is 3. The molecule has 0 bridgehead atoms. The molecule has 1 fully saturated rings. The van der Waals surface area contributed by atoms with Gasteiger partial charge in [-0.1, -0.05) is 19.1 Å². The summed E-state index contributed by atoms with van der Waals surface area (Å²) in [5.74, 6) is 0.914. The zero-order valence-electron chi connectivity index (χ0n) is 9.54. The van der Waals surface area contributed by atoms with Crippen LogP contribution in [-0.4, -0.2) is 15.0 Å². The van der Waals surface area contributed by atoms with E-state index in [4.69, 9.17) is 0 Å². The Hall–Kier alpha value is -0.860. The van der Waals surface area contributed by atoms with Crippen molar-refractivity contribution < 1.29 is 0 Å². The Bertz CT molecular complexity index is 319. The van der Waals surface area contributed by atoms with Crippen molar-refractivity contribution in [1.82, 2.24) is 15.0 Å². The average Bonchev–Trinajstić information content (AvgIpc) is 2.58. The predicted octanol–water partition coefficient (Wildman–Crippen LogP) is 2.10. The Morgan fingerprint density at radius 2 is 2.14 bits per heavy atom. The molecule has 1 saturated carbocycles. The third-order valence-electron chi connectivity index (χ3n) is 3.58. The summed E-state index contributed by atoms with van der Waals surface area (Å²) in [4.78, 5) is 0. The van der Waals surface area contributed by atoms with Crippen LogP contribution in [0.4, 0.5) is 0 Å². The smallest absolute Gasteiger partial charge is 0.0828 e. The van der Waals surface area contributed by atoms with E-state index in [1.165, 1.54) is 18.5 Å². The Kier molecular flexibility index (Phi) is 2.13. The summed E-state index contributed by atoms with van der Waals surface area (Å²) in [5.41, 5.74) is 2.98. The standard InChI is InChI=1S/C11H19N3/c1-8-10(14(4)13-12-8)6-5-9-7-11(9,2)3/h9H,5-7H2,1-4H3/t9-/m0/s1. The summed E-state index contributed by atoms with van der Waals surface area (Å²) in [5, 5.41) is 8.08. The van der Waals surface area contributed by atoms with Crippen molar-refractivity contribution in [2.24, 2.45) is 18.4 Å². The molecule has 0 saturated heterocycles. The molecule has 2 rings (SSSR count). The Morgan fingerprint density at radius 1 is 1.50 bits per heavy atom. The van der Waals surface area contributed by atoms with Crippen molar-refractivity contribution in [2.45, 2.75) is 40.0 Å². The first kappa shape index (κ1) is 9.69. The summed E-state index contributed by atoms with van der Waals surface area (Å²) in [7, 11) is 1.98. The summed E-state index contributed by atoms with van der Waals surface area (Å²) in [6.07, 6.45) is 3.80. The van der Waals surface area contributed by atoms with E-state index < -0.39 is 0 Å². The molecule has 1 aromatic heterocycles. The first-order valence-electron chi connectivity index (χ1n) is 5.36. The highest BCUT2D eigenvalue weighted by Gasteiger charge is 2.44. The summed E-state index contributed by atoms with van der Waals surface area (Å²) in [6, 6.07) is 0. The van der Waals surface area contributed by atoms with Gasteiger partial charge in [0.05, 0.1) is 11.4 Å². The normalized spacial score (nSPS) is 23.9. The minimum Gasteiger partial charge on any atom is -0.252 e. The van der Waals surface area contributed by atoms with Gasteiger partial charge in [-0.05, 0) is 37.5 Å². The lowest BCUT2D eigenvalue weighted by molar-refractivity contribution is 0.523. The molecule has 1 atom stereocenters. The molecule has 78 valence electrons. The van der Waals surface area contributed by atoms with Gasteiger partial charge in [-0.15, -0.1) is 5.10 Å². The van der Waals surface area contributed by atoms with Crippen LogP contribution in [0.5, 0.6) is 0 Å². The van der Waals surface area contributed by atoms with Crippen LogP contribution < -0.4 is 0 Å². The molecule has 1 aromatic rings. The second-order valence-electron chi connectivity index (χ2n) is 5.17. The minimum atomic E-state index is 0.597. The van der Waals surface area contributed by atoms with Crippen LogP contribution >= 0.6 is 0 Å². The minimum absolute atomic E-state index is 0.597. The van der Waals surface area contributed by atoms with Crippen LogP contribution in [0.15, 0.2) is 0 Å². The molecule has 1 aliphatic carbocycles. The van der Waals surface area contributed by atoms with E-state index in [1.54, 1.807) is 0 Å². The molecule has 1 heterocycles. The van der Waals surface area contributed by atoms with E-state index in [0.29, 0.717) is 5.41 Å². The largest absolute Gasteiger partial charge is 0.252 e. The molecule has 3 heteroatoms. The Balaban J connectivity index is 1.93. The van der Waals surface area contributed by atoms with Gasteiger partial charge in [0, 0.05) is 7.05 Å². The van der Waals surface area contributed by atoms with E-state index >= 15 is 0 Å². The van der Waals surface area contributed by atoms with Crippen LogP contribution in [0.25, 0.3) is 0 Å². The van der Waals surface area contributed by atoms with Crippen molar-refractivity contribution in [3.05, 3.63) is 11.4 Å². The molecule has 0 radical (unpaired) electrons. The third-order valence-corrected chi connectivity index (χ3v) is 3.58. The zero-order valence-corrected chi connectivity index (χ0v) is 9.54. The topological polar surface area (TPSA) is 30.7 Å². The van der Waals surface area contributed by atoms with Gasteiger partial charge >= 0.3 is 0 Å². The van der Waals surface area contributed by atoms with Gasteiger partial charge < -0.3 is 0 Å². The van der Waals surface area contributed by atoms with Gasteiger partial charge in [0.2, 0.25) is 0 Å². The van der Waals surface area contributed by atoms with Gasteiger partial charge in [0.1, 0.15) is 0 Å². The number of aryl methyl sites for hydroxylation is 2. The predicted molar refractivity (Wildman–Crippen MR) is 55.9 cm³/mol. The zero-order chi connectivity index (χ0) is 10.3. The molecular formula is C11H19N3. The fourth-order valence-corrected chi connectivity index (χ4v) is 2.20. The second kappa shape index (κ2) is 3.07. The van der Waals surface area contributed by atoms with E-state index in [-0.39, 0.29) is 0 Å². The van der Waals surface area contributed by atoms with E-state index in [1.807, 2.05) is 18.7 Å². The number of nitrogens with zero attached hydrogens (tertiary/aromatic N) is 3. The van der Waals surface area contributed by atoms with Gasteiger partial charge in [0.15, 0.2) is 0 Å². The third kappa shape index (κ3) is 1.68. The fourth-order valence-electron chi connectivity index (χ4n) is 2.20. The van der Waals surface area contributed by atoms with Crippen LogP contribution in [0.3, 0.4) is 0 Å². The summed E-state index contributed by atoms with van der Waals surface area (Å²) < 4.78 is 1.91. The van der Waals surface area contributed by atoms with E-state index in [9.17, 15) is 0 Å². The van der Waals surface area contributed by atoms with Crippen molar-refractivity contribution in [2.75, 3.05) is 0 Å². The quantitative estimate of drug-likeness (QED) is 0.736. The first-order valence-corrected chi connectivity index (χ1v) is 5.36. The van der Waals surface area contributed by atoms with Crippen LogP contribution in [-0.2, 0) is 13.5 Å². The van der Waals surface area contributed by atoms with Crippen LogP contribution in [0, 0.1) is 18.3 Å².